The van der Waals surface area contributed by atoms with Crippen molar-refractivity contribution in [2.75, 3.05) is 5.75 Å². The molecule has 112 valence electrons. The van der Waals surface area contributed by atoms with E-state index >= 15 is 0 Å². The lowest BCUT2D eigenvalue weighted by atomic mass is 10.1. The Kier molecular flexibility index (Phi) is 3.63. The third kappa shape index (κ3) is 2.53. The van der Waals surface area contributed by atoms with Gasteiger partial charge in [-0.25, -0.2) is 4.98 Å². The molecule has 1 aliphatic rings. The van der Waals surface area contributed by atoms with E-state index in [4.69, 9.17) is 4.74 Å². The average Bonchev–Trinajstić information content (AvgIpc) is 2.92. The van der Waals surface area contributed by atoms with Crippen LogP contribution < -0.4 is 10.3 Å². The van der Waals surface area contributed by atoms with E-state index in [-0.39, 0.29) is 12.2 Å². The van der Waals surface area contributed by atoms with Crippen LogP contribution in [0.25, 0.3) is 10.2 Å². The molecule has 2 aromatic heterocycles. The molecule has 0 bridgehead atoms. The fourth-order valence-corrected chi connectivity index (χ4v) is 4.98. The fraction of sp³-hybridized carbons (Fsp3) is 0.250. The molecule has 3 heterocycles. The Hall–Kier alpha value is -1.79. The van der Waals surface area contributed by atoms with Gasteiger partial charge in [-0.1, -0.05) is 18.2 Å². The molecular formula is C16H14N2O2S2. The summed E-state index contributed by atoms with van der Waals surface area (Å²) in [7, 11) is 0. The molecule has 0 spiro atoms. The van der Waals surface area contributed by atoms with E-state index in [0.29, 0.717) is 5.82 Å². The molecule has 0 radical (unpaired) electrons. The molecule has 4 nitrogen and oxygen atoms in total. The van der Waals surface area contributed by atoms with Crippen LogP contribution >= 0.6 is 23.1 Å². The Balaban J connectivity index is 1.67. The van der Waals surface area contributed by atoms with Gasteiger partial charge in [0.05, 0.1) is 5.39 Å². The maximum absolute atomic E-state index is 12.4. The number of rotatable bonds is 3. The van der Waals surface area contributed by atoms with Gasteiger partial charge in [0.1, 0.15) is 23.0 Å². The lowest BCUT2D eigenvalue weighted by Crippen LogP contribution is -2.14. The smallest absolute Gasteiger partial charge is 0.260 e. The normalized spacial score (nSPS) is 14.0. The topological polar surface area (TPSA) is 55.0 Å². The second-order valence-corrected chi connectivity index (χ2v) is 7.29. The van der Waals surface area contributed by atoms with Gasteiger partial charge in [-0.2, -0.15) is 11.8 Å². The third-order valence-corrected chi connectivity index (χ3v) is 5.94. The molecule has 0 amide bonds. The maximum atomic E-state index is 12.4. The second kappa shape index (κ2) is 5.78. The van der Waals surface area contributed by atoms with Crippen LogP contribution in [0.3, 0.4) is 0 Å². The van der Waals surface area contributed by atoms with E-state index in [1.807, 2.05) is 42.1 Å². The number of aryl methyl sites for hydroxylation is 1. The van der Waals surface area contributed by atoms with Crippen LogP contribution in [0.15, 0.2) is 35.1 Å². The Bertz CT molecular complexity index is 871. The van der Waals surface area contributed by atoms with Gasteiger partial charge in [-0.15, -0.1) is 11.3 Å². The van der Waals surface area contributed by atoms with Crippen molar-refractivity contribution in [3.63, 3.8) is 0 Å². The first-order valence-corrected chi connectivity index (χ1v) is 9.07. The summed E-state index contributed by atoms with van der Waals surface area (Å²) in [6, 6.07) is 9.54. The number of hydrogen-bond donors (Lipinski definition) is 1. The predicted molar refractivity (Wildman–Crippen MR) is 90.9 cm³/mol. The minimum atomic E-state index is -0.0407. The van der Waals surface area contributed by atoms with Crippen LogP contribution in [0.4, 0.5) is 0 Å². The van der Waals surface area contributed by atoms with Crippen LogP contribution in [0.1, 0.15) is 16.3 Å². The highest BCUT2D eigenvalue weighted by Gasteiger charge is 2.20. The highest BCUT2D eigenvalue weighted by molar-refractivity contribution is 7.98. The van der Waals surface area contributed by atoms with E-state index in [0.717, 1.165) is 33.9 Å². The summed E-state index contributed by atoms with van der Waals surface area (Å²) < 4.78 is 5.67. The van der Waals surface area contributed by atoms with Crippen molar-refractivity contribution < 1.29 is 4.74 Å². The lowest BCUT2D eigenvalue weighted by Gasteiger charge is -2.09. The predicted octanol–water partition coefficient (Wildman–Crippen LogP) is 3.35. The van der Waals surface area contributed by atoms with Gasteiger partial charge in [0.15, 0.2) is 0 Å². The lowest BCUT2D eigenvalue weighted by molar-refractivity contribution is 0.296. The molecule has 0 aliphatic carbocycles. The number of aromatic amines is 1. The first kappa shape index (κ1) is 13.8. The van der Waals surface area contributed by atoms with Crippen molar-refractivity contribution in [1.29, 1.82) is 0 Å². The number of fused-ring (bicyclic) bond motifs is 3. The largest absolute Gasteiger partial charge is 0.486 e. The van der Waals surface area contributed by atoms with E-state index in [1.54, 1.807) is 11.3 Å². The quantitative estimate of drug-likeness (QED) is 0.800. The van der Waals surface area contributed by atoms with Crippen molar-refractivity contribution >= 4 is 33.3 Å². The molecule has 0 saturated heterocycles. The summed E-state index contributed by atoms with van der Waals surface area (Å²) in [5, 5.41) is 0.781. The third-order valence-electron chi connectivity index (χ3n) is 3.64. The molecule has 0 unspecified atom stereocenters. The van der Waals surface area contributed by atoms with Crippen LogP contribution in [0, 0.1) is 0 Å². The minimum Gasteiger partial charge on any atom is -0.486 e. The Labute approximate surface area is 135 Å². The number of para-hydroxylation sites is 1. The zero-order valence-corrected chi connectivity index (χ0v) is 13.4. The number of aromatic nitrogens is 2. The molecule has 3 aromatic rings. The summed E-state index contributed by atoms with van der Waals surface area (Å²) in [5.41, 5.74) is 1.16. The molecule has 1 N–H and O–H groups in total. The van der Waals surface area contributed by atoms with Crippen molar-refractivity contribution in [3.05, 3.63) is 57.0 Å². The summed E-state index contributed by atoms with van der Waals surface area (Å²) in [6.45, 7) is 0.270. The number of benzene rings is 1. The van der Waals surface area contributed by atoms with Crippen LogP contribution in [-0.4, -0.2) is 15.7 Å². The molecular weight excluding hydrogens is 316 g/mol. The molecule has 4 rings (SSSR count). The van der Waals surface area contributed by atoms with Gasteiger partial charge < -0.3 is 9.72 Å². The number of thiophene rings is 1. The number of nitrogens with one attached hydrogen (secondary N) is 1. The second-order valence-electron chi connectivity index (χ2n) is 5.10. The standard InChI is InChI=1S/C16H14N2O2S2/c19-15-14-11-6-7-21-9-12(11)22-16(14)18-13(17-15)8-20-10-4-2-1-3-5-10/h1-5H,6-9H2,(H,17,18,19). The number of thioether (sulfide) groups is 1. The number of nitrogens with zero attached hydrogens (tertiary/aromatic N) is 1. The van der Waals surface area contributed by atoms with Gasteiger partial charge in [0, 0.05) is 10.6 Å². The minimum absolute atomic E-state index is 0.0407. The van der Waals surface area contributed by atoms with Crippen LogP contribution in [0.5, 0.6) is 5.75 Å². The Morgan fingerprint density at radius 3 is 3.00 bits per heavy atom. The Morgan fingerprint density at radius 1 is 1.27 bits per heavy atom. The van der Waals surface area contributed by atoms with E-state index < -0.39 is 0 Å². The zero-order valence-electron chi connectivity index (χ0n) is 11.8. The first-order valence-electron chi connectivity index (χ1n) is 7.10. The number of ether oxygens (including phenoxy) is 1. The molecule has 0 saturated carbocycles. The van der Waals surface area contributed by atoms with Crippen molar-refractivity contribution in [3.8, 4) is 5.75 Å². The van der Waals surface area contributed by atoms with Crippen molar-refractivity contribution in [2.24, 2.45) is 0 Å². The summed E-state index contributed by atoms with van der Waals surface area (Å²) >= 11 is 3.56. The van der Waals surface area contributed by atoms with Crippen LogP contribution in [0.2, 0.25) is 0 Å². The highest BCUT2D eigenvalue weighted by atomic mass is 32.2. The summed E-state index contributed by atoms with van der Waals surface area (Å²) in [5.74, 6) is 3.42. The summed E-state index contributed by atoms with van der Waals surface area (Å²) in [4.78, 5) is 22.0. The molecule has 6 heteroatoms. The van der Waals surface area contributed by atoms with Gasteiger partial charge in [-0.05, 0) is 29.9 Å². The van der Waals surface area contributed by atoms with Gasteiger partial charge in [0.2, 0.25) is 0 Å². The van der Waals surface area contributed by atoms with Crippen molar-refractivity contribution in [1.82, 2.24) is 9.97 Å². The SMILES string of the molecule is O=c1[nH]c(COc2ccccc2)nc2sc3c(c12)CCSC3. The van der Waals surface area contributed by atoms with E-state index in [1.165, 1.54) is 10.4 Å². The van der Waals surface area contributed by atoms with Gasteiger partial charge in [-0.3, -0.25) is 4.79 Å². The first-order chi connectivity index (χ1) is 10.8. The molecule has 0 fully saturated rings. The van der Waals surface area contributed by atoms with Gasteiger partial charge in [0.25, 0.3) is 5.56 Å². The fourth-order valence-electron chi connectivity index (χ4n) is 2.61. The van der Waals surface area contributed by atoms with Crippen LogP contribution in [-0.2, 0) is 18.8 Å². The van der Waals surface area contributed by atoms with Gasteiger partial charge >= 0.3 is 0 Å². The molecule has 22 heavy (non-hydrogen) atoms. The molecule has 1 aromatic carbocycles. The monoisotopic (exact) mass is 330 g/mol. The molecule has 0 atom stereocenters. The zero-order chi connectivity index (χ0) is 14.9. The average molecular weight is 330 g/mol. The number of hydrogen-bond acceptors (Lipinski definition) is 5. The highest BCUT2D eigenvalue weighted by Crippen LogP contribution is 2.35. The van der Waals surface area contributed by atoms with E-state index in [2.05, 4.69) is 9.97 Å². The van der Waals surface area contributed by atoms with Crippen molar-refractivity contribution in [2.45, 2.75) is 18.8 Å². The maximum Gasteiger partial charge on any atom is 0.260 e. The number of H-pyrrole nitrogens is 1. The van der Waals surface area contributed by atoms with E-state index in [9.17, 15) is 4.79 Å². The molecule has 1 aliphatic heterocycles. The Morgan fingerprint density at radius 2 is 2.14 bits per heavy atom. The summed E-state index contributed by atoms with van der Waals surface area (Å²) in [6.07, 6.45) is 0.963.